The highest BCUT2D eigenvalue weighted by molar-refractivity contribution is 6.10. The number of allylic oxidation sites excluding steroid dienone is 1. The van der Waals surface area contributed by atoms with E-state index in [1.807, 2.05) is 12.2 Å². The van der Waals surface area contributed by atoms with Crippen LogP contribution in [0.3, 0.4) is 0 Å². The summed E-state index contributed by atoms with van der Waals surface area (Å²) in [7, 11) is 0. The fourth-order valence-corrected chi connectivity index (χ4v) is 1.77. The van der Waals surface area contributed by atoms with Gasteiger partial charge in [0.15, 0.2) is 0 Å². The second kappa shape index (κ2) is 2.17. The monoisotopic (exact) mass is 166 g/mol. The Kier molecular flexibility index (Phi) is 1.35. The van der Waals surface area contributed by atoms with Crippen LogP contribution in [0.25, 0.3) is 0 Å². The summed E-state index contributed by atoms with van der Waals surface area (Å²) < 4.78 is 0. The van der Waals surface area contributed by atoms with Crippen LogP contribution in [-0.2, 0) is 9.59 Å². The lowest BCUT2D eigenvalue weighted by Crippen LogP contribution is -2.51. The highest BCUT2D eigenvalue weighted by Crippen LogP contribution is 2.31. The molecule has 2 aliphatic rings. The van der Waals surface area contributed by atoms with Gasteiger partial charge in [0.05, 0.1) is 5.92 Å². The molecule has 4 nitrogen and oxygen atoms in total. The van der Waals surface area contributed by atoms with Crippen LogP contribution in [0, 0.1) is 5.92 Å². The molecular weight excluding hydrogens is 156 g/mol. The Morgan fingerprint density at radius 3 is 2.92 bits per heavy atom. The number of fused-ring (bicyclic) bond motifs is 1. The number of carbonyl (C=O) groups is 2. The van der Waals surface area contributed by atoms with E-state index in [-0.39, 0.29) is 17.7 Å². The molecule has 3 N–H and O–H groups in total. The van der Waals surface area contributed by atoms with Gasteiger partial charge in [-0.15, -0.1) is 0 Å². The molecule has 1 fully saturated rings. The molecule has 0 saturated carbocycles. The molecule has 0 bridgehead atoms. The van der Waals surface area contributed by atoms with Crippen molar-refractivity contribution < 1.29 is 9.59 Å². The molecule has 1 saturated heterocycles. The first-order valence-electron chi connectivity index (χ1n) is 3.94. The lowest BCUT2D eigenvalue weighted by atomic mass is 9.78. The van der Waals surface area contributed by atoms with E-state index in [0.717, 1.165) is 0 Å². The lowest BCUT2D eigenvalue weighted by Gasteiger charge is -2.27. The Morgan fingerprint density at radius 1 is 1.50 bits per heavy atom. The Labute approximate surface area is 69.8 Å². The first kappa shape index (κ1) is 7.49. The first-order valence-corrected chi connectivity index (χ1v) is 3.94. The van der Waals surface area contributed by atoms with Gasteiger partial charge in [-0.1, -0.05) is 12.2 Å². The van der Waals surface area contributed by atoms with Gasteiger partial charge in [0.2, 0.25) is 11.8 Å². The van der Waals surface area contributed by atoms with Crippen LogP contribution < -0.4 is 11.1 Å². The van der Waals surface area contributed by atoms with Crippen LogP contribution in [0.4, 0.5) is 0 Å². The number of rotatable bonds is 0. The number of nitrogens with two attached hydrogens (primary N) is 1. The first-order chi connectivity index (χ1) is 5.64. The van der Waals surface area contributed by atoms with E-state index in [2.05, 4.69) is 5.32 Å². The van der Waals surface area contributed by atoms with Gasteiger partial charge in [-0.3, -0.25) is 14.9 Å². The van der Waals surface area contributed by atoms with E-state index in [1.165, 1.54) is 0 Å². The Hall–Kier alpha value is -1.16. The molecule has 1 aliphatic heterocycles. The Balaban J connectivity index is 2.41. The maximum Gasteiger partial charge on any atom is 0.247 e. The smallest absolute Gasteiger partial charge is 0.247 e. The van der Waals surface area contributed by atoms with Crippen LogP contribution >= 0.6 is 0 Å². The third-order valence-corrected chi connectivity index (χ3v) is 2.59. The summed E-state index contributed by atoms with van der Waals surface area (Å²) >= 11 is 0. The standard InChI is InChI=1S/C8H10N2O2/c9-8-4-2-1-3-5(8)6(11)10-7(8)12/h1-2,5H,3-4,9H2,(H,10,11,12). The van der Waals surface area contributed by atoms with Crippen molar-refractivity contribution in [2.45, 2.75) is 18.4 Å². The van der Waals surface area contributed by atoms with Crippen LogP contribution in [-0.4, -0.2) is 17.4 Å². The van der Waals surface area contributed by atoms with E-state index >= 15 is 0 Å². The number of hydrogen-bond donors (Lipinski definition) is 2. The molecule has 0 aromatic carbocycles. The summed E-state index contributed by atoms with van der Waals surface area (Å²) in [5, 5.41) is 2.26. The molecule has 1 heterocycles. The summed E-state index contributed by atoms with van der Waals surface area (Å²) in [4.78, 5) is 22.4. The molecule has 2 amide bonds. The average Bonchev–Trinajstić information content (AvgIpc) is 2.25. The normalized spacial score (nSPS) is 39.6. The fourth-order valence-electron chi connectivity index (χ4n) is 1.77. The van der Waals surface area contributed by atoms with Crippen molar-refractivity contribution in [2.75, 3.05) is 0 Å². The topological polar surface area (TPSA) is 72.2 Å². The molecule has 2 rings (SSSR count). The van der Waals surface area contributed by atoms with Crippen molar-refractivity contribution in [3.05, 3.63) is 12.2 Å². The fraction of sp³-hybridized carbons (Fsp3) is 0.500. The van der Waals surface area contributed by atoms with Gasteiger partial charge < -0.3 is 5.73 Å². The molecule has 4 heteroatoms. The minimum Gasteiger partial charge on any atom is -0.316 e. The summed E-state index contributed by atoms with van der Waals surface area (Å²) in [6.07, 6.45) is 4.80. The van der Waals surface area contributed by atoms with Crippen molar-refractivity contribution in [3.8, 4) is 0 Å². The number of hydrogen-bond acceptors (Lipinski definition) is 3. The molecule has 0 radical (unpaired) electrons. The van der Waals surface area contributed by atoms with Crippen LogP contribution in [0.1, 0.15) is 12.8 Å². The van der Waals surface area contributed by atoms with Gasteiger partial charge >= 0.3 is 0 Å². The maximum atomic E-state index is 11.2. The van der Waals surface area contributed by atoms with Gasteiger partial charge in [0, 0.05) is 0 Å². The van der Waals surface area contributed by atoms with Crippen molar-refractivity contribution in [1.82, 2.24) is 5.32 Å². The number of carbonyl (C=O) groups excluding carboxylic acids is 2. The molecule has 0 aromatic heterocycles. The lowest BCUT2D eigenvalue weighted by molar-refractivity contribution is -0.126. The third kappa shape index (κ3) is 0.754. The van der Waals surface area contributed by atoms with E-state index in [0.29, 0.717) is 12.8 Å². The summed E-state index contributed by atoms with van der Waals surface area (Å²) in [5.74, 6) is -0.913. The average molecular weight is 166 g/mol. The number of nitrogens with one attached hydrogen (secondary N) is 1. The number of amides is 2. The predicted molar refractivity (Wildman–Crippen MR) is 41.9 cm³/mol. The second-order valence-corrected chi connectivity index (χ2v) is 3.32. The van der Waals surface area contributed by atoms with E-state index in [9.17, 15) is 9.59 Å². The van der Waals surface area contributed by atoms with Crippen molar-refractivity contribution in [2.24, 2.45) is 11.7 Å². The highest BCUT2D eigenvalue weighted by atomic mass is 16.2. The summed E-state index contributed by atoms with van der Waals surface area (Å²) in [6, 6.07) is 0. The quantitative estimate of drug-likeness (QED) is 0.369. The van der Waals surface area contributed by atoms with Gasteiger partial charge in [0.25, 0.3) is 0 Å². The molecule has 64 valence electrons. The van der Waals surface area contributed by atoms with Gasteiger partial charge in [-0.2, -0.15) is 0 Å². The molecule has 1 aliphatic carbocycles. The van der Waals surface area contributed by atoms with Crippen molar-refractivity contribution in [3.63, 3.8) is 0 Å². The molecule has 0 spiro atoms. The predicted octanol–water partition coefficient (Wildman–Crippen LogP) is -0.694. The van der Waals surface area contributed by atoms with Crippen LogP contribution in [0.2, 0.25) is 0 Å². The zero-order chi connectivity index (χ0) is 8.77. The minimum absolute atomic E-state index is 0.230. The summed E-state index contributed by atoms with van der Waals surface area (Å²) in [6.45, 7) is 0. The van der Waals surface area contributed by atoms with Gasteiger partial charge in [-0.05, 0) is 12.8 Å². The van der Waals surface area contributed by atoms with E-state index in [1.54, 1.807) is 0 Å². The summed E-state index contributed by atoms with van der Waals surface area (Å²) in [5.41, 5.74) is 4.85. The Bertz CT molecular complexity index is 285. The van der Waals surface area contributed by atoms with Crippen molar-refractivity contribution >= 4 is 11.8 Å². The Morgan fingerprint density at radius 2 is 2.25 bits per heavy atom. The van der Waals surface area contributed by atoms with Crippen molar-refractivity contribution in [1.29, 1.82) is 0 Å². The molecule has 0 aromatic rings. The zero-order valence-electron chi connectivity index (χ0n) is 6.54. The highest BCUT2D eigenvalue weighted by Gasteiger charge is 2.52. The van der Waals surface area contributed by atoms with E-state index in [4.69, 9.17) is 5.73 Å². The largest absolute Gasteiger partial charge is 0.316 e. The second-order valence-electron chi connectivity index (χ2n) is 3.32. The minimum atomic E-state index is -0.966. The van der Waals surface area contributed by atoms with Crippen LogP contribution in [0.15, 0.2) is 12.2 Å². The molecule has 2 atom stereocenters. The van der Waals surface area contributed by atoms with Gasteiger partial charge in [-0.25, -0.2) is 0 Å². The third-order valence-electron chi connectivity index (χ3n) is 2.59. The zero-order valence-corrected chi connectivity index (χ0v) is 6.54. The molecule has 2 unspecified atom stereocenters. The SMILES string of the molecule is NC12CC=CCC1C(=O)NC2=O. The van der Waals surface area contributed by atoms with E-state index < -0.39 is 5.54 Å². The number of imide groups is 1. The maximum absolute atomic E-state index is 11.2. The van der Waals surface area contributed by atoms with Gasteiger partial charge in [0.1, 0.15) is 5.54 Å². The molecule has 12 heavy (non-hydrogen) atoms. The van der Waals surface area contributed by atoms with Crippen LogP contribution in [0.5, 0.6) is 0 Å². The molecular formula is C8H10N2O2.